The van der Waals surface area contributed by atoms with Crippen LogP contribution in [0.1, 0.15) is 5.56 Å². The van der Waals surface area contributed by atoms with Gasteiger partial charge in [0.05, 0.1) is 15.8 Å². The fraction of sp³-hybridized carbons (Fsp3) is 0.125. The van der Waals surface area contributed by atoms with Gasteiger partial charge < -0.3 is 4.98 Å². The Labute approximate surface area is 80.0 Å². The molecule has 0 unspecified atom stereocenters. The monoisotopic (exact) mass is 219 g/mol. The summed E-state index contributed by atoms with van der Waals surface area (Å²) in [6, 6.07) is 3.72. The van der Waals surface area contributed by atoms with Gasteiger partial charge in [-0.05, 0) is 12.1 Å². The first-order valence-electron chi connectivity index (χ1n) is 3.67. The smallest absolute Gasteiger partial charge is 0.312 e. The van der Waals surface area contributed by atoms with Crippen molar-refractivity contribution in [2.24, 2.45) is 0 Å². The van der Waals surface area contributed by atoms with Crippen molar-refractivity contribution in [1.29, 1.82) is 0 Å². The van der Waals surface area contributed by atoms with E-state index in [2.05, 4.69) is 4.98 Å². The molecular weight excluding hydrogens is 215 g/mol. The first-order valence-corrected chi connectivity index (χ1v) is 4.49. The van der Waals surface area contributed by atoms with Crippen LogP contribution >= 0.6 is 11.3 Å². The van der Waals surface area contributed by atoms with Gasteiger partial charge in [0, 0.05) is 0 Å². The molecule has 6 heteroatoms. The first-order chi connectivity index (χ1) is 6.48. The van der Waals surface area contributed by atoms with Crippen LogP contribution < -0.4 is 4.87 Å². The second-order valence-corrected chi connectivity index (χ2v) is 3.71. The Morgan fingerprint density at radius 1 is 1.29 bits per heavy atom. The zero-order chi connectivity index (χ0) is 10.3. The molecule has 0 amide bonds. The van der Waals surface area contributed by atoms with Crippen molar-refractivity contribution >= 4 is 21.6 Å². The largest absolute Gasteiger partial charge is 0.418 e. The lowest BCUT2D eigenvalue weighted by Crippen LogP contribution is -2.06. The number of para-hydroxylation sites is 1. The van der Waals surface area contributed by atoms with Crippen LogP contribution in [0.2, 0.25) is 0 Å². The van der Waals surface area contributed by atoms with Gasteiger partial charge in [-0.15, -0.1) is 0 Å². The molecule has 0 saturated carbocycles. The third kappa shape index (κ3) is 1.41. The van der Waals surface area contributed by atoms with E-state index in [0.717, 1.165) is 17.4 Å². The highest BCUT2D eigenvalue weighted by molar-refractivity contribution is 7.16. The number of rotatable bonds is 0. The summed E-state index contributed by atoms with van der Waals surface area (Å²) >= 11 is 0.771. The summed E-state index contributed by atoms with van der Waals surface area (Å²) in [4.78, 5) is 12.6. The number of nitrogens with one attached hydrogen (secondary N) is 1. The normalized spacial score (nSPS) is 12.2. The molecule has 0 aliphatic rings. The van der Waals surface area contributed by atoms with Gasteiger partial charge >= 0.3 is 11.0 Å². The van der Waals surface area contributed by atoms with E-state index < -0.39 is 16.6 Å². The number of aromatic nitrogens is 1. The van der Waals surface area contributed by atoms with Crippen molar-refractivity contribution in [3.8, 4) is 0 Å². The molecule has 0 atom stereocenters. The van der Waals surface area contributed by atoms with Crippen LogP contribution in [0, 0.1) is 0 Å². The van der Waals surface area contributed by atoms with Crippen molar-refractivity contribution in [2.75, 3.05) is 0 Å². The summed E-state index contributed by atoms with van der Waals surface area (Å²) in [5.41, 5.74) is -0.927. The molecule has 0 saturated heterocycles. The highest BCUT2D eigenvalue weighted by Crippen LogP contribution is 2.34. The van der Waals surface area contributed by atoms with Gasteiger partial charge in [-0.25, -0.2) is 0 Å². The highest BCUT2D eigenvalue weighted by atomic mass is 32.1. The minimum Gasteiger partial charge on any atom is -0.312 e. The van der Waals surface area contributed by atoms with E-state index in [1.807, 2.05) is 0 Å². The summed E-state index contributed by atoms with van der Waals surface area (Å²) in [7, 11) is 0. The number of halogens is 3. The predicted molar refractivity (Wildman–Crippen MR) is 47.4 cm³/mol. The molecule has 2 aromatic rings. The van der Waals surface area contributed by atoms with E-state index in [1.165, 1.54) is 12.1 Å². The second-order valence-electron chi connectivity index (χ2n) is 2.69. The van der Waals surface area contributed by atoms with Gasteiger partial charge in [0.25, 0.3) is 0 Å². The van der Waals surface area contributed by atoms with E-state index in [9.17, 15) is 18.0 Å². The zero-order valence-corrected chi connectivity index (χ0v) is 7.50. The van der Waals surface area contributed by atoms with E-state index in [0.29, 0.717) is 4.70 Å². The van der Waals surface area contributed by atoms with Gasteiger partial charge in [0.15, 0.2) is 0 Å². The number of alkyl halides is 3. The molecular formula is C8H4F3NOS. The molecule has 0 fully saturated rings. The van der Waals surface area contributed by atoms with Gasteiger partial charge in [0.2, 0.25) is 0 Å². The third-order valence-corrected chi connectivity index (χ3v) is 2.61. The average molecular weight is 219 g/mol. The fourth-order valence-electron chi connectivity index (χ4n) is 1.21. The Bertz CT molecular complexity index is 525. The molecule has 14 heavy (non-hydrogen) atoms. The SMILES string of the molecule is O=c1[nH]c2c(C(F)(F)F)cccc2s1. The quantitative estimate of drug-likeness (QED) is 0.725. The van der Waals surface area contributed by atoms with Crippen LogP contribution in [0.4, 0.5) is 13.2 Å². The van der Waals surface area contributed by atoms with E-state index in [-0.39, 0.29) is 5.52 Å². The van der Waals surface area contributed by atoms with Crippen LogP contribution in [-0.2, 0) is 6.18 Å². The summed E-state index contributed by atoms with van der Waals surface area (Å²) in [5.74, 6) is 0. The predicted octanol–water partition coefficient (Wildman–Crippen LogP) is 2.61. The number of hydrogen-bond donors (Lipinski definition) is 1. The summed E-state index contributed by atoms with van der Waals surface area (Å²) < 4.78 is 37.6. The van der Waals surface area contributed by atoms with Gasteiger partial charge in [0.1, 0.15) is 0 Å². The Hall–Kier alpha value is -1.30. The van der Waals surface area contributed by atoms with Crippen molar-refractivity contribution in [3.63, 3.8) is 0 Å². The third-order valence-electron chi connectivity index (χ3n) is 1.76. The molecule has 0 spiro atoms. The molecule has 0 aliphatic heterocycles. The molecule has 2 nitrogen and oxygen atoms in total. The minimum atomic E-state index is -4.43. The summed E-state index contributed by atoms with van der Waals surface area (Å²) in [5, 5.41) is 0. The van der Waals surface area contributed by atoms with E-state index in [4.69, 9.17) is 0 Å². The number of aromatic amines is 1. The first kappa shape index (κ1) is 9.26. The molecule has 0 bridgehead atoms. The number of benzene rings is 1. The molecule has 1 aromatic carbocycles. The minimum absolute atomic E-state index is 0.130. The van der Waals surface area contributed by atoms with Gasteiger partial charge in [-0.3, -0.25) is 4.79 Å². The molecule has 1 heterocycles. The molecule has 0 aliphatic carbocycles. The standard InChI is InChI=1S/C8H4F3NOS/c9-8(10,11)4-2-1-3-5-6(4)12-7(13)14-5/h1-3H,(H,12,13). The van der Waals surface area contributed by atoms with E-state index in [1.54, 1.807) is 0 Å². The topological polar surface area (TPSA) is 32.9 Å². The van der Waals surface area contributed by atoms with Crippen molar-refractivity contribution in [2.45, 2.75) is 6.18 Å². The maximum absolute atomic E-state index is 12.4. The Balaban J connectivity index is 2.83. The molecule has 74 valence electrons. The molecule has 0 radical (unpaired) electrons. The van der Waals surface area contributed by atoms with Crippen LogP contribution in [0.3, 0.4) is 0 Å². The summed E-state index contributed by atoms with van der Waals surface area (Å²) in [6.07, 6.45) is -4.43. The van der Waals surface area contributed by atoms with Crippen molar-refractivity contribution in [3.05, 3.63) is 33.4 Å². The van der Waals surface area contributed by atoms with Gasteiger partial charge in [-0.2, -0.15) is 13.2 Å². The molecule has 1 N–H and O–H groups in total. The van der Waals surface area contributed by atoms with Crippen LogP contribution in [0.15, 0.2) is 23.0 Å². The number of H-pyrrole nitrogens is 1. The van der Waals surface area contributed by atoms with Crippen LogP contribution in [0.5, 0.6) is 0 Å². The lowest BCUT2D eigenvalue weighted by atomic mass is 10.2. The highest BCUT2D eigenvalue weighted by Gasteiger charge is 2.33. The lowest BCUT2D eigenvalue weighted by molar-refractivity contribution is -0.136. The van der Waals surface area contributed by atoms with Gasteiger partial charge in [-0.1, -0.05) is 17.4 Å². The Morgan fingerprint density at radius 3 is 2.64 bits per heavy atom. The Morgan fingerprint density at radius 2 is 2.00 bits per heavy atom. The fourth-order valence-corrected chi connectivity index (χ4v) is 1.97. The molecule has 1 aromatic heterocycles. The lowest BCUT2D eigenvalue weighted by Gasteiger charge is -2.06. The molecule has 2 rings (SSSR count). The zero-order valence-electron chi connectivity index (χ0n) is 6.68. The number of hydrogen-bond acceptors (Lipinski definition) is 2. The van der Waals surface area contributed by atoms with Crippen LogP contribution in [-0.4, -0.2) is 4.98 Å². The van der Waals surface area contributed by atoms with Crippen molar-refractivity contribution < 1.29 is 13.2 Å². The maximum atomic E-state index is 12.4. The van der Waals surface area contributed by atoms with Crippen molar-refractivity contribution in [1.82, 2.24) is 4.98 Å². The second kappa shape index (κ2) is 2.84. The maximum Gasteiger partial charge on any atom is 0.418 e. The summed E-state index contributed by atoms with van der Waals surface area (Å²) in [6.45, 7) is 0. The number of thiazole rings is 1. The van der Waals surface area contributed by atoms with Crippen LogP contribution in [0.25, 0.3) is 10.2 Å². The average Bonchev–Trinajstić information content (AvgIpc) is 2.41. The van der Waals surface area contributed by atoms with E-state index >= 15 is 0 Å². The Kier molecular flexibility index (Phi) is 1.88. The number of fused-ring (bicyclic) bond motifs is 1.